The lowest BCUT2D eigenvalue weighted by Crippen LogP contribution is -1.99. The van der Waals surface area contributed by atoms with E-state index in [9.17, 15) is 4.79 Å². The molecule has 0 aliphatic carbocycles. The normalized spacial score (nSPS) is 10.7. The van der Waals surface area contributed by atoms with Gasteiger partial charge in [-0.05, 0) is 13.0 Å². The molecule has 0 atom stereocenters. The number of aromatic nitrogens is 2. The maximum absolute atomic E-state index is 11.5. The first kappa shape index (κ1) is 13.4. The van der Waals surface area contributed by atoms with Crippen LogP contribution in [0.5, 0.6) is 0 Å². The number of ether oxygens (including phenoxy) is 1. The average molecular weight is 305 g/mol. The van der Waals surface area contributed by atoms with E-state index in [4.69, 9.17) is 23.2 Å². The second-order valence-corrected chi connectivity index (χ2v) is 5.51. The zero-order chi connectivity index (χ0) is 13.3. The third-order valence-corrected chi connectivity index (χ3v) is 4.04. The van der Waals surface area contributed by atoms with E-state index in [1.807, 2.05) is 6.92 Å². The molecule has 0 saturated heterocycles. The third-order valence-electron chi connectivity index (χ3n) is 2.42. The van der Waals surface area contributed by atoms with Crippen LogP contribution in [0.25, 0.3) is 11.3 Å². The topological polar surface area (TPSA) is 44.1 Å². The highest BCUT2D eigenvalue weighted by Crippen LogP contribution is 2.39. The Bertz CT molecular complexity index is 592. The number of carbonyl (C=O) groups excluding carboxylic acids is 1. The highest BCUT2D eigenvalue weighted by atomic mass is 35.5. The van der Waals surface area contributed by atoms with Crippen LogP contribution in [-0.2, 0) is 11.3 Å². The first-order chi connectivity index (χ1) is 8.58. The molecule has 0 amide bonds. The minimum absolute atomic E-state index is 0.410. The van der Waals surface area contributed by atoms with Crippen LogP contribution in [0.4, 0.5) is 0 Å². The van der Waals surface area contributed by atoms with Gasteiger partial charge in [-0.25, -0.2) is 4.79 Å². The molecule has 7 heteroatoms. The largest absolute Gasteiger partial charge is 0.465 e. The van der Waals surface area contributed by atoms with Crippen LogP contribution in [0.1, 0.15) is 16.6 Å². The van der Waals surface area contributed by atoms with Crippen molar-refractivity contribution in [1.82, 2.24) is 9.78 Å². The van der Waals surface area contributed by atoms with Crippen molar-refractivity contribution in [2.24, 2.45) is 0 Å². The predicted molar refractivity (Wildman–Crippen MR) is 72.6 cm³/mol. The van der Waals surface area contributed by atoms with Crippen molar-refractivity contribution in [2.45, 2.75) is 13.5 Å². The van der Waals surface area contributed by atoms with E-state index in [2.05, 4.69) is 9.84 Å². The molecule has 0 fully saturated rings. The van der Waals surface area contributed by atoms with Crippen LogP contribution in [0.15, 0.2) is 12.3 Å². The Morgan fingerprint density at radius 2 is 2.28 bits per heavy atom. The van der Waals surface area contributed by atoms with Crippen LogP contribution >= 0.6 is 34.5 Å². The Balaban J connectivity index is 2.54. The van der Waals surface area contributed by atoms with Gasteiger partial charge in [0, 0.05) is 12.1 Å². The van der Waals surface area contributed by atoms with E-state index in [1.165, 1.54) is 7.11 Å². The van der Waals surface area contributed by atoms with Crippen LogP contribution < -0.4 is 0 Å². The zero-order valence-corrected chi connectivity index (χ0v) is 12.1. The molecule has 0 bridgehead atoms. The highest BCUT2D eigenvalue weighted by molar-refractivity contribution is 7.18. The number of methoxy groups -OCH3 is 1. The van der Waals surface area contributed by atoms with Gasteiger partial charge in [-0.2, -0.15) is 5.10 Å². The van der Waals surface area contributed by atoms with Gasteiger partial charge >= 0.3 is 5.97 Å². The molecule has 0 unspecified atom stereocenters. The number of thiophene rings is 1. The first-order valence-corrected chi connectivity index (χ1v) is 6.75. The molecule has 0 aliphatic heterocycles. The molecular formula is C11H10Cl2N2O2S. The summed E-state index contributed by atoms with van der Waals surface area (Å²) in [6.45, 7) is 2.62. The fourth-order valence-electron chi connectivity index (χ4n) is 1.60. The molecule has 96 valence electrons. The SMILES string of the molecule is CCn1ncc(Cl)c1-c1cc(C(=O)OC)sc1Cl. The molecule has 2 aromatic heterocycles. The van der Waals surface area contributed by atoms with Crippen molar-refractivity contribution in [3.63, 3.8) is 0 Å². The number of hydrogen-bond donors (Lipinski definition) is 0. The van der Waals surface area contributed by atoms with Crippen LogP contribution in [-0.4, -0.2) is 22.9 Å². The standard InChI is InChI=1S/C11H10Cl2N2O2S/c1-3-15-9(7(12)5-14-15)6-4-8(11(16)17-2)18-10(6)13/h4-5H,3H2,1-2H3. The van der Waals surface area contributed by atoms with Gasteiger partial charge in [0.1, 0.15) is 9.21 Å². The van der Waals surface area contributed by atoms with Gasteiger partial charge in [-0.1, -0.05) is 23.2 Å². The number of esters is 1. The van der Waals surface area contributed by atoms with Gasteiger partial charge in [0.2, 0.25) is 0 Å². The summed E-state index contributed by atoms with van der Waals surface area (Å²) in [5.41, 5.74) is 1.42. The van der Waals surface area contributed by atoms with Crippen molar-refractivity contribution in [3.05, 3.63) is 26.5 Å². The first-order valence-electron chi connectivity index (χ1n) is 5.17. The molecule has 0 aromatic carbocycles. The minimum atomic E-state index is -0.410. The predicted octanol–water partition coefficient (Wildman–Crippen LogP) is 3.72. The van der Waals surface area contributed by atoms with Crippen molar-refractivity contribution in [1.29, 1.82) is 0 Å². The third kappa shape index (κ3) is 2.25. The maximum atomic E-state index is 11.5. The smallest absolute Gasteiger partial charge is 0.348 e. The van der Waals surface area contributed by atoms with Crippen LogP contribution in [0.2, 0.25) is 9.36 Å². The number of nitrogens with zero attached hydrogens (tertiary/aromatic N) is 2. The Kier molecular flexibility index (Phi) is 3.94. The second kappa shape index (κ2) is 5.30. The lowest BCUT2D eigenvalue weighted by molar-refractivity contribution is 0.0606. The van der Waals surface area contributed by atoms with Crippen molar-refractivity contribution < 1.29 is 9.53 Å². The summed E-state index contributed by atoms with van der Waals surface area (Å²) in [6.07, 6.45) is 1.56. The molecule has 18 heavy (non-hydrogen) atoms. The van der Waals surface area contributed by atoms with Gasteiger partial charge < -0.3 is 4.74 Å². The Hall–Kier alpha value is -1.04. The summed E-state index contributed by atoms with van der Waals surface area (Å²) in [5.74, 6) is -0.410. The average Bonchev–Trinajstić information content (AvgIpc) is 2.91. The fraction of sp³-hybridized carbons (Fsp3) is 0.273. The number of hydrogen-bond acceptors (Lipinski definition) is 4. The van der Waals surface area contributed by atoms with Crippen LogP contribution in [0.3, 0.4) is 0 Å². The van der Waals surface area contributed by atoms with E-state index in [1.54, 1.807) is 16.9 Å². The maximum Gasteiger partial charge on any atom is 0.348 e. The number of aryl methyl sites for hydroxylation is 1. The molecule has 2 aromatic rings. The van der Waals surface area contributed by atoms with E-state index in [0.29, 0.717) is 26.3 Å². The minimum Gasteiger partial charge on any atom is -0.465 e. The van der Waals surface area contributed by atoms with E-state index >= 15 is 0 Å². The summed E-state index contributed by atoms with van der Waals surface area (Å²) in [5, 5.41) is 4.65. The Labute approximate surface area is 118 Å². The highest BCUT2D eigenvalue weighted by Gasteiger charge is 2.20. The quantitative estimate of drug-likeness (QED) is 0.812. The van der Waals surface area contributed by atoms with Gasteiger partial charge in [-0.15, -0.1) is 11.3 Å². The monoisotopic (exact) mass is 304 g/mol. The molecular weight excluding hydrogens is 295 g/mol. The Morgan fingerprint density at radius 3 is 2.89 bits per heavy atom. The van der Waals surface area contributed by atoms with E-state index < -0.39 is 5.97 Å². The van der Waals surface area contributed by atoms with Gasteiger partial charge in [-0.3, -0.25) is 4.68 Å². The fourth-order valence-corrected chi connectivity index (χ4v) is 3.04. The van der Waals surface area contributed by atoms with E-state index in [-0.39, 0.29) is 0 Å². The molecule has 0 spiro atoms. The number of halogens is 2. The molecule has 2 heterocycles. The molecule has 0 aliphatic rings. The van der Waals surface area contributed by atoms with Gasteiger partial charge in [0.15, 0.2) is 0 Å². The molecule has 0 saturated carbocycles. The summed E-state index contributed by atoms with van der Waals surface area (Å²) < 4.78 is 6.89. The van der Waals surface area contributed by atoms with Crippen molar-refractivity contribution >= 4 is 40.5 Å². The Morgan fingerprint density at radius 1 is 1.56 bits per heavy atom. The van der Waals surface area contributed by atoms with Crippen LogP contribution in [0, 0.1) is 0 Å². The molecule has 4 nitrogen and oxygen atoms in total. The number of rotatable bonds is 3. The summed E-state index contributed by atoms with van der Waals surface area (Å²) >= 11 is 13.4. The lowest BCUT2D eigenvalue weighted by atomic mass is 10.2. The van der Waals surface area contributed by atoms with E-state index in [0.717, 1.165) is 17.0 Å². The van der Waals surface area contributed by atoms with Gasteiger partial charge in [0.05, 0.1) is 24.0 Å². The van der Waals surface area contributed by atoms with Crippen molar-refractivity contribution in [3.8, 4) is 11.3 Å². The number of carbonyl (C=O) groups is 1. The molecule has 0 N–H and O–H groups in total. The second-order valence-electron chi connectivity index (χ2n) is 3.45. The lowest BCUT2D eigenvalue weighted by Gasteiger charge is -2.03. The van der Waals surface area contributed by atoms with Crippen molar-refractivity contribution in [2.75, 3.05) is 7.11 Å². The summed E-state index contributed by atoms with van der Waals surface area (Å²) in [4.78, 5) is 11.9. The summed E-state index contributed by atoms with van der Waals surface area (Å²) in [7, 11) is 1.33. The summed E-state index contributed by atoms with van der Waals surface area (Å²) in [6, 6.07) is 1.67. The molecule has 2 rings (SSSR count). The van der Waals surface area contributed by atoms with Gasteiger partial charge in [0.25, 0.3) is 0 Å². The zero-order valence-electron chi connectivity index (χ0n) is 9.74. The molecule has 0 radical (unpaired) electrons.